The summed E-state index contributed by atoms with van der Waals surface area (Å²) in [5.41, 5.74) is 12.9. The highest BCUT2D eigenvalue weighted by Gasteiger charge is 2.41. The first-order valence-corrected chi connectivity index (χ1v) is 26.2. The van der Waals surface area contributed by atoms with Crippen LogP contribution in [0, 0.1) is 0 Å². The summed E-state index contributed by atoms with van der Waals surface area (Å²) >= 11 is 0. The molecule has 0 aliphatic heterocycles. The number of benzene rings is 11. The van der Waals surface area contributed by atoms with Crippen LogP contribution in [0.3, 0.4) is 0 Å². The normalized spacial score (nSPS) is 12.0. The third-order valence-electron chi connectivity index (χ3n) is 14.8. The lowest BCUT2D eigenvalue weighted by atomic mass is 10.0. The summed E-state index contributed by atoms with van der Waals surface area (Å²) in [6.07, 6.45) is 0. The molecule has 0 saturated heterocycles. The Morgan fingerprint density at radius 1 is 0.229 bits per heavy atom. The van der Waals surface area contributed by atoms with E-state index in [9.17, 15) is 0 Å². The topological polar surface area (TPSA) is 14.8 Å². The Hall–Kier alpha value is -8.96. The van der Waals surface area contributed by atoms with E-state index in [1.54, 1.807) is 0 Å². The molecular weight excluding hydrogens is 863 g/mol. The fraction of sp³-hybridized carbons (Fsp3) is 0. The summed E-state index contributed by atoms with van der Waals surface area (Å²) in [6, 6.07) is 101. The zero-order valence-corrected chi connectivity index (χ0v) is 39.3. The van der Waals surface area contributed by atoms with Gasteiger partial charge in [-0.3, -0.25) is 0 Å². The maximum Gasteiger partial charge on any atom is 0.179 e. The van der Waals surface area contributed by atoms with E-state index in [4.69, 9.17) is 0 Å². The molecule has 4 heteroatoms. The van der Waals surface area contributed by atoms with Crippen molar-refractivity contribution in [3.8, 4) is 28.2 Å². The van der Waals surface area contributed by atoms with Crippen LogP contribution in [-0.2, 0) is 0 Å². The van der Waals surface area contributed by atoms with Crippen LogP contribution in [0.1, 0.15) is 0 Å². The van der Waals surface area contributed by atoms with E-state index in [2.05, 4.69) is 287 Å². The molecule has 0 N–H and O–H groups in total. The van der Waals surface area contributed by atoms with Gasteiger partial charge in [0, 0.05) is 43.7 Å². The van der Waals surface area contributed by atoms with Crippen LogP contribution in [0.25, 0.3) is 93.6 Å². The summed E-state index contributed by atoms with van der Waals surface area (Å²) in [5, 5.41) is 12.8. The minimum atomic E-state index is -2.73. The van der Waals surface area contributed by atoms with Crippen LogP contribution in [0.4, 0.5) is 0 Å². The number of fused-ring (bicyclic) bond motifs is 9. The molecule has 14 aromatic rings. The van der Waals surface area contributed by atoms with E-state index in [-0.39, 0.29) is 0 Å². The second kappa shape index (κ2) is 16.1. The van der Waals surface area contributed by atoms with E-state index in [1.807, 2.05) is 0 Å². The molecule has 328 valence electrons. The Kier molecular flexibility index (Phi) is 9.23. The molecule has 0 saturated carbocycles. The highest BCUT2D eigenvalue weighted by atomic mass is 28.3. The molecule has 0 radical (unpaired) electrons. The van der Waals surface area contributed by atoms with Crippen molar-refractivity contribution in [3.63, 3.8) is 0 Å². The largest absolute Gasteiger partial charge is 0.309 e. The fourth-order valence-corrected chi connectivity index (χ4v) is 16.5. The van der Waals surface area contributed by atoms with E-state index >= 15 is 0 Å². The van der Waals surface area contributed by atoms with Crippen molar-refractivity contribution in [1.82, 2.24) is 13.7 Å². The van der Waals surface area contributed by atoms with Crippen LogP contribution < -0.4 is 20.7 Å². The third kappa shape index (κ3) is 6.00. The second-order valence-corrected chi connectivity index (χ2v) is 22.2. The maximum absolute atomic E-state index is 2.73. The molecule has 11 aromatic carbocycles. The predicted molar refractivity (Wildman–Crippen MR) is 299 cm³/mol. The van der Waals surface area contributed by atoms with Gasteiger partial charge in [0.25, 0.3) is 0 Å². The smallest absolute Gasteiger partial charge is 0.179 e. The molecule has 0 aliphatic rings. The Balaban J connectivity index is 1.00. The molecule has 70 heavy (non-hydrogen) atoms. The maximum atomic E-state index is 2.51. The number of para-hydroxylation sites is 4. The van der Waals surface area contributed by atoms with Crippen molar-refractivity contribution in [2.24, 2.45) is 0 Å². The van der Waals surface area contributed by atoms with Gasteiger partial charge in [-0.2, -0.15) is 0 Å². The molecule has 0 bridgehead atoms. The van der Waals surface area contributed by atoms with E-state index in [0.29, 0.717) is 0 Å². The standard InChI is InChI=1S/C66H45N3Si/c1-5-20-46(21-6-1)47-36-43-63-59(44-47)56-30-15-16-32-60(56)67(63)49-39-42-57-54-28-13-18-34-62(54)69(65(57)45-49)64-35-19-31-58-55-29-14-17-33-61(55)68(66(58)64)48-37-40-53(41-38-48)70(50-22-7-2-8-23-50,51-24-9-3-10-25-51)52-26-11-4-12-27-52/h1-45H. The molecule has 0 unspecified atom stereocenters. The first-order chi connectivity index (χ1) is 34.8. The Bertz CT molecular complexity index is 4170. The molecule has 3 nitrogen and oxygen atoms in total. The molecule has 0 amide bonds. The van der Waals surface area contributed by atoms with Crippen LogP contribution in [-0.4, -0.2) is 21.8 Å². The van der Waals surface area contributed by atoms with Crippen molar-refractivity contribution < 1.29 is 0 Å². The first-order valence-electron chi connectivity index (χ1n) is 24.2. The number of aromatic nitrogens is 3. The van der Waals surface area contributed by atoms with E-state index in [0.717, 1.165) is 22.6 Å². The van der Waals surface area contributed by atoms with Crippen molar-refractivity contribution in [2.45, 2.75) is 0 Å². The summed E-state index contributed by atoms with van der Waals surface area (Å²) in [5.74, 6) is 0. The lowest BCUT2D eigenvalue weighted by molar-refractivity contribution is 1.13. The van der Waals surface area contributed by atoms with Gasteiger partial charge in [0.15, 0.2) is 8.07 Å². The second-order valence-electron chi connectivity index (χ2n) is 18.4. The summed E-state index contributed by atoms with van der Waals surface area (Å²) in [7, 11) is -2.73. The van der Waals surface area contributed by atoms with Crippen molar-refractivity contribution in [2.75, 3.05) is 0 Å². The molecular formula is C66H45N3Si. The van der Waals surface area contributed by atoms with Gasteiger partial charge in [-0.25, -0.2) is 0 Å². The van der Waals surface area contributed by atoms with Crippen molar-refractivity contribution >= 4 is 94.2 Å². The average Bonchev–Trinajstić information content (AvgIpc) is 4.08. The highest BCUT2D eigenvalue weighted by Crippen LogP contribution is 2.41. The lowest BCUT2D eigenvalue weighted by Gasteiger charge is -2.34. The summed E-state index contributed by atoms with van der Waals surface area (Å²) in [6.45, 7) is 0. The molecule has 0 atom stereocenters. The number of nitrogens with zero attached hydrogens (tertiary/aromatic N) is 3. The number of hydrogen-bond donors (Lipinski definition) is 0. The molecule has 3 aromatic heterocycles. The van der Waals surface area contributed by atoms with Gasteiger partial charge in [0.1, 0.15) is 0 Å². The summed E-state index contributed by atoms with van der Waals surface area (Å²) < 4.78 is 7.46. The van der Waals surface area contributed by atoms with Crippen LogP contribution >= 0.6 is 0 Å². The highest BCUT2D eigenvalue weighted by molar-refractivity contribution is 7.19. The zero-order valence-electron chi connectivity index (χ0n) is 38.3. The quantitative estimate of drug-likeness (QED) is 0.107. The molecule has 14 rings (SSSR count). The third-order valence-corrected chi connectivity index (χ3v) is 19.6. The fourth-order valence-electron chi connectivity index (χ4n) is 11.8. The van der Waals surface area contributed by atoms with Gasteiger partial charge in [-0.15, -0.1) is 0 Å². The minimum Gasteiger partial charge on any atom is -0.309 e. The first kappa shape index (κ1) is 40.1. The zero-order chi connectivity index (χ0) is 46.2. The average molecular weight is 908 g/mol. The van der Waals surface area contributed by atoms with Crippen molar-refractivity contribution in [1.29, 1.82) is 0 Å². The Morgan fingerprint density at radius 3 is 1.29 bits per heavy atom. The summed E-state index contributed by atoms with van der Waals surface area (Å²) in [4.78, 5) is 0. The lowest BCUT2D eigenvalue weighted by Crippen LogP contribution is -2.74. The monoisotopic (exact) mass is 907 g/mol. The van der Waals surface area contributed by atoms with Gasteiger partial charge >= 0.3 is 0 Å². The Morgan fingerprint density at radius 2 is 0.671 bits per heavy atom. The number of rotatable bonds is 8. The number of hydrogen-bond acceptors (Lipinski definition) is 0. The van der Waals surface area contributed by atoms with Crippen molar-refractivity contribution in [3.05, 3.63) is 273 Å². The SMILES string of the molecule is c1ccc(-c2ccc3c(c2)c2ccccc2n3-c2ccc3c4ccccc4n(-c4cccc5c6ccccc6n(-c6ccc([Si](c7ccccc7)(c7ccccc7)c7ccccc7)cc6)c45)c3c2)cc1. The minimum absolute atomic E-state index is 1.13. The van der Waals surface area contributed by atoms with Gasteiger partial charge in [0.05, 0.1) is 38.8 Å². The van der Waals surface area contributed by atoms with Gasteiger partial charge in [-0.1, -0.05) is 212 Å². The molecule has 0 aliphatic carbocycles. The van der Waals surface area contributed by atoms with E-state index < -0.39 is 8.07 Å². The Labute approximate surface area is 407 Å². The van der Waals surface area contributed by atoms with Gasteiger partial charge < -0.3 is 13.7 Å². The van der Waals surface area contributed by atoms with Crippen LogP contribution in [0.5, 0.6) is 0 Å². The van der Waals surface area contributed by atoms with Gasteiger partial charge in [0.2, 0.25) is 0 Å². The predicted octanol–water partition coefficient (Wildman–Crippen LogP) is 14.0. The van der Waals surface area contributed by atoms with Gasteiger partial charge in [-0.05, 0) is 92.5 Å². The van der Waals surface area contributed by atoms with Crippen LogP contribution in [0.15, 0.2) is 273 Å². The molecule has 0 spiro atoms. The van der Waals surface area contributed by atoms with E-state index in [1.165, 1.54) is 91.8 Å². The van der Waals surface area contributed by atoms with Crippen LogP contribution in [0.2, 0.25) is 0 Å². The molecule has 0 fully saturated rings. The molecule has 3 heterocycles.